The van der Waals surface area contributed by atoms with Crippen LogP contribution in [0.4, 0.5) is 8.78 Å². The van der Waals surface area contributed by atoms with Gasteiger partial charge in [-0.05, 0) is 32.4 Å². The second-order valence-corrected chi connectivity index (χ2v) is 6.71. The zero-order valence-electron chi connectivity index (χ0n) is 15.0. The molecule has 0 bridgehead atoms. The van der Waals surface area contributed by atoms with Gasteiger partial charge in [-0.15, -0.1) is 0 Å². The molecule has 0 aromatic heterocycles. The summed E-state index contributed by atoms with van der Waals surface area (Å²) in [6, 6.07) is 11.6. The maximum Gasteiger partial charge on any atom is 0.309 e. The zero-order valence-corrected chi connectivity index (χ0v) is 15.0. The standard InChI is InChI=1S/C20H21F2NO4/c1-20(2,19(25)26)10-11-23-18(24)17(13-6-4-3-5-7-13)27-14-8-9-15(21)16(22)12-14/h3-9,12,17H,10-11H2,1-2H3,(H,23,24)(H,25,26). The van der Waals surface area contributed by atoms with E-state index in [2.05, 4.69) is 5.32 Å². The monoisotopic (exact) mass is 377 g/mol. The minimum Gasteiger partial charge on any atom is -0.481 e. The number of benzene rings is 2. The molecule has 0 radical (unpaired) electrons. The molecule has 2 aromatic rings. The molecule has 7 heteroatoms. The first-order valence-electron chi connectivity index (χ1n) is 8.38. The molecule has 0 fully saturated rings. The second-order valence-electron chi connectivity index (χ2n) is 6.71. The van der Waals surface area contributed by atoms with Crippen LogP contribution in [0.3, 0.4) is 0 Å². The zero-order chi connectivity index (χ0) is 20.0. The number of carboxylic acids is 1. The molecule has 2 rings (SSSR count). The van der Waals surface area contributed by atoms with Crippen LogP contribution in [0.1, 0.15) is 31.9 Å². The number of rotatable bonds is 8. The molecule has 2 aromatic carbocycles. The van der Waals surface area contributed by atoms with Gasteiger partial charge in [0.1, 0.15) is 5.75 Å². The highest BCUT2D eigenvalue weighted by molar-refractivity contribution is 5.82. The third-order valence-electron chi connectivity index (χ3n) is 4.11. The van der Waals surface area contributed by atoms with Crippen LogP contribution < -0.4 is 10.1 Å². The molecule has 0 heterocycles. The Bertz CT molecular complexity index is 809. The Morgan fingerprint density at radius 2 is 1.78 bits per heavy atom. The van der Waals surface area contributed by atoms with Crippen molar-refractivity contribution in [2.75, 3.05) is 6.54 Å². The Kier molecular flexibility index (Phi) is 6.50. The number of aliphatic carboxylic acids is 1. The van der Waals surface area contributed by atoms with Crippen LogP contribution in [0.15, 0.2) is 48.5 Å². The average Bonchev–Trinajstić information content (AvgIpc) is 2.63. The Balaban J connectivity index is 2.14. The summed E-state index contributed by atoms with van der Waals surface area (Å²) in [6.07, 6.45) is -0.871. The first-order valence-corrected chi connectivity index (χ1v) is 8.38. The van der Waals surface area contributed by atoms with Crippen LogP contribution >= 0.6 is 0 Å². The first kappa shape index (κ1) is 20.4. The largest absolute Gasteiger partial charge is 0.481 e. The van der Waals surface area contributed by atoms with Crippen LogP contribution in [0, 0.1) is 17.0 Å². The van der Waals surface area contributed by atoms with Crippen molar-refractivity contribution in [3.63, 3.8) is 0 Å². The average molecular weight is 377 g/mol. The van der Waals surface area contributed by atoms with E-state index in [0.29, 0.717) is 5.56 Å². The van der Waals surface area contributed by atoms with Crippen LogP contribution in [0.5, 0.6) is 5.75 Å². The molecular formula is C20H21F2NO4. The van der Waals surface area contributed by atoms with E-state index in [0.717, 1.165) is 12.1 Å². The Morgan fingerprint density at radius 3 is 2.37 bits per heavy atom. The number of ether oxygens (including phenoxy) is 1. The molecule has 144 valence electrons. The van der Waals surface area contributed by atoms with Gasteiger partial charge in [0.05, 0.1) is 5.41 Å². The van der Waals surface area contributed by atoms with Gasteiger partial charge in [0, 0.05) is 18.2 Å². The highest BCUT2D eigenvalue weighted by Crippen LogP contribution is 2.24. The van der Waals surface area contributed by atoms with E-state index in [4.69, 9.17) is 9.84 Å². The molecule has 5 nitrogen and oxygen atoms in total. The summed E-state index contributed by atoms with van der Waals surface area (Å²) in [7, 11) is 0. The lowest BCUT2D eigenvalue weighted by Crippen LogP contribution is -2.36. The molecule has 0 saturated heterocycles. The van der Waals surface area contributed by atoms with E-state index in [9.17, 15) is 18.4 Å². The molecule has 0 spiro atoms. The van der Waals surface area contributed by atoms with Gasteiger partial charge in [-0.1, -0.05) is 30.3 Å². The number of amides is 1. The maximum atomic E-state index is 13.4. The molecule has 0 aliphatic rings. The minimum absolute atomic E-state index is 0.00349. The highest BCUT2D eigenvalue weighted by atomic mass is 19.2. The number of carbonyl (C=O) groups excluding carboxylic acids is 1. The summed E-state index contributed by atoms with van der Waals surface area (Å²) in [4.78, 5) is 23.8. The van der Waals surface area contributed by atoms with E-state index < -0.39 is 35.0 Å². The molecule has 1 amide bonds. The predicted molar refractivity (Wildman–Crippen MR) is 95.2 cm³/mol. The Hall–Kier alpha value is -2.96. The van der Waals surface area contributed by atoms with Crippen molar-refractivity contribution < 1.29 is 28.2 Å². The predicted octanol–water partition coefficient (Wildman–Crippen LogP) is 3.70. The summed E-state index contributed by atoms with van der Waals surface area (Å²) in [6.45, 7) is 3.25. The second kappa shape index (κ2) is 8.62. The van der Waals surface area contributed by atoms with Crippen molar-refractivity contribution in [1.82, 2.24) is 5.32 Å². The Morgan fingerprint density at radius 1 is 1.11 bits per heavy atom. The van der Waals surface area contributed by atoms with Crippen LogP contribution in [0.25, 0.3) is 0 Å². The third-order valence-corrected chi connectivity index (χ3v) is 4.11. The summed E-state index contributed by atoms with van der Waals surface area (Å²) in [5.74, 6) is -3.56. The van der Waals surface area contributed by atoms with Gasteiger partial charge in [-0.3, -0.25) is 9.59 Å². The van der Waals surface area contributed by atoms with Gasteiger partial charge < -0.3 is 15.2 Å². The molecule has 0 aliphatic carbocycles. The molecule has 0 saturated carbocycles. The molecule has 1 unspecified atom stereocenters. The van der Waals surface area contributed by atoms with Crippen molar-refractivity contribution in [3.8, 4) is 5.75 Å². The van der Waals surface area contributed by atoms with E-state index >= 15 is 0 Å². The summed E-state index contributed by atoms with van der Waals surface area (Å²) in [5.41, 5.74) is -0.464. The highest BCUT2D eigenvalue weighted by Gasteiger charge is 2.28. The number of carbonyl (C=O) groups is 2. The van der Waals surface area contributed by atoms with Crippen LogP contribution in [-0.4, -0.2) is 23.5 Å². The number of hydrogen-bond acceptors (Lipinski definition) is 3. The number of halogens is 2. The van der Waals surface area contributed by atoms with E-state index in [1.165, 1.54) is 6.07 Å². The molecule has 2 N–H and O–H groups in total. The summed E-state index contributed by atoms with van der Waals surface area (Å²) >= 11 is 0. The summed E-state index contributed by atoms with van der Waals surface area (Å²) in [5, 5.41) is 11.8. The van der Waals surface area contributed by atoms with E-state index in [1.807, 2.05) is 0 Å². The fourth-order valence-electron chi connectivity index (χ4n) is 2.28. The number of hydrogen-bond donors (Lipinski definition) is 2. The summed E-state index contributed by atoms with van der Waals surface area (Å²) < 4.78 is 32.1. The van der Waals surface area contributed by atoms with Crippen molar-refractivity contribution >= 4 is 11.9 Å². The quantitative estimate of drug-likeness (QED) is 0.736. The lowest BCUT2D eigenvalue weighted by molar-refractivity contribution is -0.147. The van der Waals surface area contributed by atoms with Gasteiger partial charge >= 0.3 is 5.97 Å². The van der Waals surface area contributed by atoms with Crippen molar-refractivity contribution in [3.05, 3.63) is 65.7 Å². The van der Waals surface area contributed by atoms with Crippen LogP contribution in [0.2, 0.25) is 0 Å². The van der Waals surface area contributed by atoms with Crippen molar-refractivity contribution in [1.29, 1.82) is 0 Å². The van der Waals surface area contributed by atoms with Crippen molar-refractivity contribution in [2.45, 2.75) is 26.4 Å². The minimum atomic E-state index is -1.09. The number of nitrogens with one attached hydrogen (secondary N) is 1. The van der Waals surface area contributed by atoms with Gasteiger partial charge in [0.15, 0.2) is 11.6 Å². The molecular weight excluding hydrogens is 356 g/mol. The van der Waals surface area contributed by atoms with Crippen LogP contribution in [-0.2, 0) is 9.59 Å². The fraction of sp³-hybridized carbons (Fsp3) is 0.300. The lowest BCUT2D eigenvalue weighted by Gasteiger charge is -2.22. The smallest absolute Gasteiger partial charge is 0.309 e. The fourth-order valence-corrected chi connectivity index (χ4v) is 2.28. The SMILES string of the molecule is CC(C)(CCNC(=O)C(Oc1ccc(F)c(F)c1)c1ccccc1)C(=O)O. The molecule has 1 atom stereocenters. The molecule has 0 aliphatic heterocycles. The van der Waals surface area contributed by atoms with Gasteiger partial charge in [0.25, 0.3) is 5.91 Å². The van der Waals surface area contributed by atoms with Crippen molar-refractivity contribution in [2.24, 2.45) is 5.41 Å². The van der Waals surface area contributed by atoms with E-state index in [1.54, 1.807) is 44.2 Å². The topological polar surface area (TPSA) is 75.6 Å². The van der Waals surface area contributed by atoms with Gasteiger partial charge in [-0.2, -0.15) is 0 Å². The first-order chi connectivity index (χ1) is 12.7. The van der Waals surface area contributed by atoms with E-state index in [-0.39, 0.29) is 18.7 Å². The normalized spacial score (nSPS) is 12.3. The van der Waals surface area contributed by atoms with Gasteiger partial charge in [0.2, 0.25) is 6.10 Å². The Labute approximate surface area is 156 Å². The lowest BCUT2D eigenvalue weighted by atomic mass is 9.89. The third kappa shape index (κ3) is 5.51. The maximum absolute atomic E-state index is 13.4. The molecule has 27 heavy (non-hydrogen) atoms. The number of carboxylic acid groups (broad SMARTS) is 1. The van der Waals surface area contributed by atoms with Gasteiger partial charge in [-0.25, -0.2) is 8.78 Å².